The summed E-state index contributed by atoms with van der Waals surface area (Å²) in [5, 5.41) is 5.01. The molecule has 0 amide bonds. The maximum absolute atomic E-state index is 5.07. The maximum atomic E-state index is 5.07. The largest absolute Gasteiger partial charge is 4.00 e. The van der Waals surface area contributed by atoms with Crippen LogP contribution >= 0.6 is 0 Å². The molecular formula is C52H52N2Zr. The van der Waals surface area contributed by atoms with Crippen LogP contribution in [0.2, 0.25) is 0 Å². The predicted octanol–water partition coefficient (Wildman–Crippen LogP) is 13.9. The van der Waals surface area contributed by atoms with Gasteiger partial charge < -0.3 is 4.98 Å². The Hall–Kier alpha value is -5.24. The molecule has 0 fully saturated rings. The van der Waals surface area contributed by atoms with Gasteiger partial charge in [0.05, 0.1) is 0 Å². The normalized spacial score (nSPS) is 10.8. The third kappa shape index (κ3) is 12.1. The van der Waals surface area contributed by atoms with Crippen LogP contribution in [-0.2, 0) is 37.0 Å². The van der Waals surface area contributed by atoms with Crippen LogP contribution in [0, 0.1) is 20.8 Å². The van der Waals surface area contributed by atoms with Crippen molar-refractivity contribution < 1.29 is 26.2 Å². The number of fused-ring (bicyclic) bond motifs is 2. The molecule has 0 radical (unpaired) electrons. The van der Waals surface area contributed by atoms with Crippen LogP contribution in [-0.4, -0.2) is 4.98 Å². The van der Waals surface area contributed by atoms with E-state index in [0.29, 0.717) is 0 Å². The number of hydrogen-bond donors (Lipinski definition) is 0. The third-order valence-corrected chi connectivity index (χ3v) is 9.04. The minimum absolute atomic E-state index is 0. The summed E-state index contributed by atoms with van der Waals surface area (Å²) in [6, 6.07) is 55.9. The molecule has 8 aromatic rings. The smallest absolute Gasteiger partial charge is 0.656 e. The summed E-state index contributed by atoms with van der Waals surface area (Å²) in [5.74, 6) is 0. The molecule has 0 aliphatic heterocycles. The molecule has 0 saturated carbocycles. The standard InChI is InChI=1S/C31H31N2.3C7H7.Zr/c1-30(2,3)22-12-10-20-17-21-11-13-23(31(4,5)6)19-25(21)29(24(20)18-22)28-15-14-27(33-28)26-9-7-8-16-32-26;3*1-7-5-3-2-4-6-7;/h7-19H,1-6H3;3*2-6H,1H2;/q4*-1;+4. The minimum Gasteiger partial charge on any atom is -0.656 e. The zero-order valence-electron chi connectivity index (χ0n) is 33.2. The van der Waals surface area contributed by atoms with Gasteiger partial charge >= 0.3 is 26.2 Å². The van der Waals surface area contributed by atoms with Crippen LogP contribution in [0.3, 0.4) is 0 Å². The van der Waals surface area contributed by atoms with Crippen LogP contribution in [0.25, 0.3) is 44.2 Å². The Kier molecular flexibility index (Phi) is 15.0. The molecule has 2 heterocycles. The Morgan fingerprint density at radius 2 is 0.836 bits per heavy atom. The first-order valence-electron chi connectivity index (χ1n) is 18.5. The summed E-state index contributed by atoms with van der Waals surface area (Å²) in [6.45, 7) is 24.8. The van der Waals surface area contributed by atoms with Gasteiger partial charge in [-0.25, -0.2) is 0 Å². The van der Waals surface area contributed by atoms with Crippen LogP contribution < -0.4 is 4.98 Å². The molecule has 55 heavy (non-hydrogen) atoms. The molecule has 0 saturated heterocycles. The summed E-state index contributed by atoms with van der Waals surface area (Å²) in [5.41, 5.74) is 10.1. The maximum Gasteiger partial charge on any atom is 4.00 e. The zero-order valence-corrected chi connectivity index (χ0v) is 35.6. The Bertz CT molecular complexity index is 2190. The van der Waals surface area contributed by atoms with Crippen molar-refractivity contribution in [3.8, 4) is 22.6 Å². The molecule has 274 valence electrons. The zero-order chi connectivity index (χ0) is 38.7. The van der Waals surface area contributed by atoms with Crippen molar-refractivity contribution in [1.29, 1.82) is 0 Å². The van der Waals surface area contributed by atoms with E-state index in [0.717, 1.165) is 33.8 Å². The van der Waals surface area contributed by atoms with Crippen LogP contribution in [0.5, 0.6) is 0 Å². The molecule has 0 atom stereocenters. The van der Waals surface area contributed by atoms with Gasteiger partial charge in [-0.15, -0.1) is 47.8 Å². The van der Waals surface area contributed by atoms with E-state index in [2.05, 4.69) is 122 Å². The SMILES string of the molecule is CC(C)(C)c1ccc2cc3ccc(C(C)(C)C)cc3c(-c3ccc(-c4ccccn4)[n-]3)c2c1.[CH2-]c1ccccc1.[CH2-]c1ccccc1.[CH2-]c1ccccc1.[Zr+4]. The van der Waals surface area contributed by atoms with Gasteiger partial charge in [0.25, 0.3) is 0 Å². The van der Waals surface area contributed by atoms with Crippen molar-refractivity contribution >= 4 is 21.5 Å². The Morgan fingerprint density at radius 1 is 0.436 bits per heavy atom. The average molecular weight is 796 g/mol. The second-order valence-electron chi connectivity index (χ2n) is 15.5. The summed E-state index contributed by atoms with van der Waals surface area (Å²) < 4.78 is 0. The average Bonchev–Trinajstić information content (AvgIpc) is 3.65. The number of nitrogens with zero attached hydrogens (tertiary/aromatic N) is 2. The predicted molar refractivity (Wildman–Crippen MR) is 234 cm³/mol. The van der Waals surface area contributed by atoms with Crippen molar-refractivity contribution in [2.45, 2.75) is 52.4 Å². The molecular weight excluding hydrogens is 744 g/mol. The summed E-state index contributed by atoms with van der Waals surface area (Å²) in [7, 11) is 0. The molecule has 0 aliphatic carbocycles. The van der Waals surface area contributed by atoms with Gasteiger partial charge in [0.2, 0.25) is 0 Å². The molecule has 0 aliphatic rings. The molecule has 0 spiro atoms. The molecule has 0 unspecified atom stereocenters. The van der Waals surface area contributed by atoms with Gasteiger partial charge in [-0.05, 0) is 67.3 Å². The van der Waals surface area contributed by atoms with Crippen molar-refractivity contribution in [1.82, 2.24) is 9.97 Å². The fourth-order valence-corrected chi connectivity index (χ4v) is 5.91. The van der Waals surface area contributed by atoms with Gasteiger partial charge in [-0.3, -0.25) is 4.98 Å². The van der Waals surface area contributed by atoms with Crippen molar-refractivity contribution in [3.05, 3.63) is 219 Å². The van der Waals surface area contributed by atoms with Crippen molar-refractivity contribution in [2.75, 3.05) is 0 Å². The number of pyridine rings is 1. The molecule has 2 nitrogen and oxygen atoms in total. The quantitative estimate of drug-likeness (QED) is 0.129. The van der Waals surface area contributed by atoms with E-state index >= 15 is 0 Å². The molecule has 0 N–H and O–H groups in total. The summed E-state index contributed by atoms with van der Waals surface area (Å²) in [4.78, 5) is 9.58. The van der Waals surface area contributed by atoms with Crippen LogP contribution in [0.1, 0.15) is 69.4 Å². The van der Waals surface area contributed by atoms with Crippen molar-refractivity contribution in [2.24, 2.45) is 0 Å². The molecule has 0 bridgehead atoms. The Morgan fingerprint density at radius 3 is 1.18 bits per heavy atom. The topological polar surface area (TPSA) is 27.0 Å². The fourth-order valence-electron chi connectivity index (χ4n) is 5.91. The van der Waals surface area contributed by atoms with Crippen LogP contribution in [0.15, 0.2) is 170 Å². The van der Waals surface area contributed by atoms with Gasteiger partial charge in [0.15, 0.2) is 0 Å². The van der Waals surface area contributed by atoms with Gasteiger partial charge in [0, 0.05) is 11.9 Å². The summed E-state index contributed by atoms with van der Waals surface area (Å²) >= 11 is 0. The first-order chi connectivity index (χ1) is 25.8. The number of rotatable bonds is 2. The Labute approximate surface area is 349 Å². The van der Waals surface area contributed by atoms with E-state index < -0.39 is 0 Å². The third-order valence-electron chi connectivity index (χ3n) is 9.04. The van der Waals surface area contributed by atoms with Gasteiger partial charge in [-0.2, -0.15) is 73.9 Å². The first-order valence-corrected chi connectivity index (χ1v) is 18.5. The first kappa shape index (κ1) is 42.5. The molecule has 6 aromatic carbocycles. The number of aromatic nitrogens is 2. The van der Waals surface area contributed by atoms with E-state index in [9.17, 15) is 0 Å². The fraction of sp³-hybridized carbons (Fsp3) is 0.154. The van der Waals surface area contributed by atoms with E-state index in [1.165, 1.54) is 38.2 Å². The van der Waals surface area contributed by atoms with Gasteiger partial charge in [-0.1, -0.05) is 114 Å². The summed E-state index contributed by atoms with van der Waals surface area (Å²) in [6.07, 6.45) is 1.82. The van der Waals surface area contributed by atoms with E-state index in [1.807, 2.05) is 115 Å². The second kappa shape index (κ2) is 19.4. The second-order valence-corrected chi connectivity index (χ2v) is 15.5. The Balaban J connectivity index is 0.000000246. The van der Waals surface area contributed by atoms with E-state index in [4.69, 9.17) is 4.98 Å². The number of benzene rings is 6. The molecule has 8 rings (SSSR count). The number of hydrogen-bond acceptors (Lipinski definition) is 1. The van der Waals surface area contributed by atoms with Crippen LogP contribution in [0.4, 0.5) is 0 Å². The van der Waals surface area contributed by atoms with Gasteiger partial charge in [0.1, 0.15) is 0 Å². The minimum atomic E-state index is 0. The van der Waals surface area contributed by atoms with E-state index in [-0.39, 0.29) is 37.0 Å². The molecule has 3 heteroatoms. The monoisotopic (exact) mass is 794 g/mol. The molecule has 2 aromatic heterocycles. The van der Waals surface area contributed by atoms with E-state index in [1.54, 1.807) is 0 Å². The van der Waals surface area contributed by atoms with Crippen molar-refractivity contribution in [3.63, 3.8) is 0 Å².